The zero-order chi connectivity index (χ0) is 19.3. The lowest BCUT2D eigenvalue weighted by Crippen LogP contribution is -2.04. The van der Waals surface area contributed by atoms with Crippen LogP contribution in [0.3, 0.4) is 0 Å². The fourth-order valence-electron chi connectivity index (χ4n) is 2.46. The summed E-state index contributed by atoms with van der Waals surface area (Å²) in [5.74, 6) is -0.0959. The van der Waals surface area contributed by atoms with E-state index in [4.69, 9.17) is 22.4 Å². The normalized spacial score (nSPS) is 11.0. The maximum atomic E-state index is 11.2. The van der Waals surface area contributed by atoms with E-state index >= 15 is 0 Å². The minimum Gasteiger partial charge on any atom is -0.478 e. The number of carboxylic acid groups (broad SMARTS) is 1. The number of benzene rings is 2. The van der Waals surface area contributed by atoms with Crippen molar-refractivity contribution in [3.8, 4) is 11.1 Å². The van der Waals surface area contributed by atoms with Crippen molar-refractivity contribution in [2.24, 2.45) is 10.7 Å². The first-order chi connectivity index (χ1) is 12.5. The molecule has 0 saturated carbocycles. The highest BCUT2D eigenvalue weighted by atomic mass is 127. The molecule has 0 bridgehead atoms. The number of nitrogens with two attached hydrogens (primary N) is 1. The van der Waals surface area contributed by atoms with Gasteiger partial charge in [0.05, 0.1) is 16.4 Å². The molecule has 3 N–H and O–H groups in total. The molecule has 0 aliphatic heterocycles. The van der Waals surface area contributed by atoms with Gasteiger partial charge in [-0.25, -0.2) is 14.8 Å². The number of fused-ring (bicyclic) bond motifs is 1. The Labute approximate surface area is 170 Å². The first kappa shape index (κ1) is 20.2. The molecule has 5 nitrogen and oxygen atoms in total. The Morgan fingerprint density at radius 3 is 2.54 bits per heavy atom. The highest BCUT2D eigenvalue weighted by Crippen LogP contribution is 2.33. The number of aliphatic imine (C=N–C) groups is 1. The van der Waals surface area contributed by atoms with Crippen molar-refractivity contribution in [3.05, 3.63) is 59.2 Å². The molecule has 1 aromatic heterocycles. The molecule has 26 heavy (non-hydrogen) atoms. The van der Waals surface area contributed by atoms with Crippen LogP contribution in [0, 0.1) is 0 Å². The van der Waals surface area contributed by atoms with Crippen molar-refractivity contribution in [2.45, 2.75) is 6.92 Å². The van der Waals surface area contributed by atoms with Crippen LogP contribution in [0.25, 0.3) is 21.9 Å². The fraction of sp³-hybridized carbons (Fsp3) is 0.0556. The third kappa shape index (κ3) is 4.53. The standard InChI is InChI=1S/C18H14ClN3O2.BI/c1-10(20)22-17-15-8-12(5-6-14(15)16(19)9-21-17)11-3-2-4-13(7-11)18(23)24;1-2/h2-9H,1H3,(H,23,24)(H2,20,21,22);. The second kappa shape index (κ2) is 9.00. The Morgan fingerprint density at radius 2 is 1.88 bits per heavy atom. The first-order valence-electron chi connectivity index (χ1n) is 7.40. The predicted molar refractivity (Wildman–Crippen MR) is 116 cm³/mol. The van der Waals surface area contributed by atoms with Gasteiger partial charge in [-0.1, -0.05) is 35.9 Å². The number of hydrogen-bond acceptors (Lipinski definition) is 3. The minimum absolute atomic E-state index is 0.230. The molecule has 0 spiro atoms. The lowest BCUT2D eigenvalue weighted by Gasteiger charge is -2.08. The molecule has 8 heteroatoms. The van der Waals surface area contributed by atoms with Gasteiger partial charge in [-0.2, -0.15) is 22.4 Å². The Balaban J connectivity index is 0.00000117. The second-order valence-electron chi connectivity index (χ2n) is 5.33. The number of carbonyl (C=O) groups is 1. The van der Waals surface area contributed by atoms with E-state index in [1.807, 2.05) is 24.3 Å². The number of hydrogen-bond donors (Lipinski definition) is 2. The number of amidine groups is 1. The van der Waals surface area contributed by atoms with Crippen molar-refractivity contribution < 1.29 is 9.90 Å². The molecule has 0 atom stereocenters. The van der Waals surface area contributed by atoms with Gasteiger partial charge in [-0.3, -0.25) is 0 Å². The molecule has 2 radical (unpaired) electrons. The van der Waals surface area contributed by atoms with Crippen LogP contribution < -0.4 is 5.73 Å². The molecule has 0 saturated heterocycles. The highest BCUT2D eigenvalue weighted by Gasteiger charge is 2.10. The summed E-state index contributed by atoms with van der Waals surface area (Å²) in [5, 5.41) is 11.2. The topological polar surface area (TPSA) is 88.6 Å². The molecule has 0 aliphatic rings. The van der Waals surface area contributed by atoms with Crippen LogP contribution >= 0.6 is 34.0 Å². The van der Waals surface area contributed by atoms with E-state index in [1.165, 1.54) is 6.20 Å². The van der Waals surface area contributed by atoms with Crippen molar-refractivity contribution in [2.75, 3.05) is 0 Å². The second-order valence-corrected chi connectivity index (χ2v) is 5.74. The summed E-state index contributed by atoms with van der Waals surface area (Å²) >= 11 is 7.86. The van der Waals surface area contributed by atoms with E-state index in [0.717, 1.165) is 21.9 Å². The monoisotopic (exact) mass is 477 g/mol. The maximum Gasteiger partial charge on any atom is 0.335 e. The van der Waals surface area contributed by atoms with Gasteiger partial charge < -0.3 is 10.8 Å². The Morgan fingerprint density at radius 1 is 1.19 bits per heavy atom. The zero-order valence-electron chi connectivity index (χ0n) is 13.8. The quantitative estimate of drug-likeness (QED) is 0.246. The average molecular weight is 477 g/mol. The van der Waals surface area contributed by atoms with E-state index < -0.39 is 5.97 Å². The van der Waals surface area contributed by atoms with Crippen LogP contribution in [0.5, 0.6) is 0 Å². The molecule has 130 valence electrons. The lowest BCUT2D eigenvalue weighted by atomic mass is 10.00. The molecule has 0 aliphatic carbocycles. The van der Waals surface area contributed by atoms with E-state index in [0.29, 0.717) is 16.7 Å². The number of nitrogens with zero attached hydrogens (tertiary/aromatic N) is 2. The lowest BCUT2D eigenvalue weighted by molar-refractivity contribution is 0.0697. The van der Waals surface area contributed by atoms with Crippen LogP contribution in [-0.2, 0) is 0 Å². The minimum atomic E-state index is -0.966. The molecule has 2 aromatic carbocycles. The van der Waals surface area contributed by atoms with Gasteiger partial charge >= 0.3 is 5.97 Å². The number of pyridine rings is 1. The van der Waals surface area contributed by atoms with Crippen LogP contribution in [0.1, 0.15) is 17.3 Å². The summed E-state index contributed by atoms with van der Waals surface area (Å²) in [6, 6.07) is 12.4. The number of aromatic nitrogens is 1. The highest BCUT2D eigenvalue weighted by molar-refractivity contribution is 14.1. The van der Waals surface area contributed by atoms with E-state index in [9.17, 15) is 4.79 Å². The summed E-state index contributed by atoms with van der Waals surface area (Å²) in [5.41, 5.74) is 12.0. The molecule has 0 amide bonds. The number of halogens is 2. The van der Waals surface area contributed by atoms with Crippen LogP contribution in [0.15, 0.2) is 53.7 Å². The smallest absolute Gasteiger partial charge is 0.335 e. The largest absolute Gasteiger partial charge is 0.478 e. The van der Waals surface area contributed by atoms with Crippen LogP contribution in [0.4, 0.5) is 5.82 Å². The van der Waals surface area contributed by atoms with Gasteiger partial charge in [0.1, 0.15) is 0 Å². The van der Waals surface area contributed by atoms with Crippen molar-refractivity contribution >= 4 is 68.1 Å². The first-order valence-corrected chi connectivity index (χ1v) is 9.02. The van der Waals surface area contributed by atoms with Gasteiger partial charge in [0.2, 0.25) is 0 Å². The maximum absolute atomic E-state index is 11.2. The van der Waals surface area contributed by atoms with Gasteiger partial charge in [-0.15, -0.1) is 0 Å². The Kier molecular flexibility index (Phi) is 6.99. The number of carboxylic acids is 1. The molecule has 0 unspecified atom stereocenters. The molecule has 1 heterocycles. The van der Waals surface area contributed by atoms with E-state index in [1.54, 1.807) is 47.5 Å². The molecular formula is C18H14BClIN3O2. The molecule has 3 aromatic rings. The summed E-state index contributed by atoms with van der Waals surface area (Å²) in [6.45, 7) is 1.68. The van der Waals surface area contributed by atoms with Gasteiger partial charge in [0, 0.05) is 17.0 Å². The van der Waals surface area contributed by atoms with E-state index in [2.05, 4.69) is 15.7 Å². The average Bonchev–Trinajstić information content (AvgIpc) is 2.65. The van der Waals surface area contributed by atoms with Crippen LogP contribution in [0.2, 0.25) is 5.02 Å². The Hall–Kier alpha value is -2.13. The van der Waals surface area contributed by atoms with Gasteiger partial charge in [0.15, 0.2) is 11.5 Å². The molecule has 3 rings (SSSR count). The van der Waals surface area contributed by atoms with Gasteiger partial charge in [-0.05, 0) is 36.2 Å². The summed E-state index contributed by atoms with van der Waals surface area (Å²) in [7, 11) is 0. The Bertz CT molecular complexity index is 991. The summed E-state index contributed by atoms with van der Waals surface area (Å²) in [4.78, 5) is 19.6. The molecule has 0 fully saturated rings. The third-order valence-electron chi connectivity index (χ3n) is 3.54. The summed E-state index contributed by atoms with van der Waals surface area (Å²) < 4.78 is 0. The number of rotatable bonds is 3. The SMILES string of the molecule is CC(N)=Nc1ncc(Cl)c2ccc(-c3cccc(C(=O)O)c3)cc12.[B]I. The van der Waals surface area contributed by atoms with Crippen molar-refractivity contribution in [1.29, 1.82) is 0 Å². The summed E-state index contributed by atoms with van der Waals surface area (Å²) in [6.07, 6.45) is 1.54. The third-order valence-corrected chi connectivity index (χ3v) is 3.84. The van der Waals surface area contributed by atoms with E-state index in [-0.39, 0.29) is 5.56 Å². The molecular weight excluding hydrogens is 463 g/mol. The van der Waals surface area contributed by atoms with Crippen molar-refractivity contribution in [3.63, 3.8) is 0 Å². The fourth-order valence-corrected chi connectivity index (χ4v) is 2.68. The predicted octanol–water partition coefficient (Wildman–Crippen LogP) is 4.77. The van der Waals surface area contributed by atoms with Crippen molar-refractivity contribution in [1.82, 2.24) is 4.98 Å². The van der Waals surface area contributed by atoms with Crippen LogP contribution in [-0.4, -0.2) is 27.6 Å². The zero-order valence-corrected chi connectivity index (χ0v) is 16.7. The van der Waals surface area contributed by atoms with Gasteiger partial charge in [0.25, 0.3) is 0 Å². The number of aromatic carboxylic acids is 1.